The highest BCUT2D eigenvalue weighted by Crippen LogP contribution is 2.40. The Kier molecular flexibility index (Phi) is 3.57. The first kappa shape index (κ1) is 13.7. The van der Waals surface area contributed by atoms with Gasteiger partial charge in [0.1, 0.15) is 17.5 Å². The first-order valence-electron chi connectivity index (χ1n) is 5.88. The van der Waals surface area contributed by atoms with Crippen LogP contribution in [0, 0.1) is 3.57 Å². The normalized spacial score (nSPS) is 16.8. The molecule has 0 spiro atoms. The minimum absolute atomic E-state index is 0.234. The van der Waals surface area contributed by atoms with E-state index in [0.29, 0.717) is 27.8 Å². The van der Waals surface area contributed by atoms with E-state index < -0.39 is 6.04 Å². The van der Waals surface area contributed by atoms with Gasteiger partial charge in [-0.2, -0.15) is 0 Å². The highest BCUT2D eigenvalue weighted by Gasteiger charge is 2.28. The molecule has 102 valence electrons. The third-order valence-corrected chi connectivity index (χ3v) is 4.22. The Morgan fingerprint density at radius 3 is 2.75 bits per heavy atom. The van der Waals surface area contributed by atoms with Crippen molar-refractivity contribution in [2.45, 2.75) is 6.04 Å². The van der Waals surface area contributed by atoms with Crippen molar-refractivity contribution in [1.29, 1.82) is 0 Å². The van der Waals surface area contributed by atoms with E-state index >= 15 is 0 Å². The number of fused-ring (bicyclic) bond motifs is 1. The van der Waals surface area contributed by atoms with Crippen LogP contribution in [0.1, 0.15) is 11.6 Å². The van der Waals surface area contributed by atoms with Crippen LogP contribution in [0.2, 0.25) is 5.02 Å². The van der Waals surface area contributed by atoms with E-state index in [4.69, 9.17) is 22.1 Å². The molecule has 6 heteroatoms. The van der Waals surface area contributed by atoms with E-state index in [-0.39, 0.29) is 5.91 Å². The van der Waals surface area contributed by atoms with Crippen molar-refractivity contribution in [2.24, 2.45) is 5.73 Å². The van der Waals surface area contributed by atoms with Gasteiger partial charge in [-0.05, 0) is 40.8 Å². The summed E-state index contributed by atoms with van der Waals surface area (Å²) in [5.41, 5.74) is 7.11. The van der Waals surface area contributed by atoms with Gasteiger partial charge in [-0.25, -0.2) is 0 Å². The number of anilines is 1. The minimum Gasteiger partial charge on any atom is -0.455 e. The average Bonchev–Trinajstić information content (AvgIpc) is 2.69. The van der Waals surface area contributed by atoms with Crippen LogP contribution >= 0.6 is 34.2 Å². The first-order valence-corrected chi connectivity index (χ1v) is 7.34. The zero-order valence-corrected chi connectivity index (χ0v) is 13.1. The predicted octanol–water partition coefficient (Wildman–Crippen LogP) is 3.69. The smallest absolute Gasteiger partial charge is 0.245 e. The molecular weight excluding hydrogens is 391 g/mol. The van der Waals surface area contributed by atoms with Crippen molar-refractivity contribution in [2.75, 3.05) is 5.32 Å². The lowest BCUT2D eigenvalue weighted by Crippen LogP contribution is -2.19. The summed E-state index contributed by atoms with van der Waals surface area (Å²) in [6.07, 6.45) is 0. The maximum atomic E-state index is 11.5. The van der Waals surface area contributed by atoms with E-state index in [1.807, 2.05) is 24.3 Å². The van der Waals surface area contributed by atoms with Crippen molar-refractivity contribution in [3.05, 3.63) is 50.6 Å². The topological polar surface area (TPSA) is 64.4 Å². The zero-order chi connectivity index (χ0) is 14.3. The number of nitrogens with one attached hydrogen (secondary N) is 1. The molecule has 3 N–H and O–H groups in total. The highest BCUT2D eigenvalue weighted by atomic mass is 127. The molecule has 1 heterocycles. The summed E-state index contributed by atoms with van der Waals surface area (Å²) in [6.45, 7) is 0. The largest absolute Gasteiger partial charge is 0.455 e. The van der Waals surface area contributed by atoms with Crippen LogP contribution in [0.3, 0.4) is 0 Å². The van der Waals surface area contributed by atoms with Crippen LogP contribution in [-0.2, 0) is 4.79 Å². The maximum absolute atomic E-state index is 11.5. The number of rotatable bonds is 2. The number of halogens is 2. The van der Waals surface area contributed by atoms with E-state index in [2.05, 4.69) is 27.9 Å². The second-order valence-electron chi connectivity index (χ2n) is 4.37. The van der Waals surface area contributed by atoms with Gasteiger partial charge in [-0.1, -0.05) is 23.7 Å². The molecule has 0 aromatic heterocycles. The van der Waals surface area contributed by atoms with Gasteiger partial charge < -0.3 is 15.8 Å². The van der Waals surface area contributed by atoms with Crippen LogP contribution in [0.15, 0.2) is 36.4 Å². The molecule has 3 rings (SSSR count). The monoisotopic (exact) mass is 400 g/mol. The molecular formula is C14H10ClIN2O2. The second kappa shape index (κ2) is 5.23. The summed E-state index contributed by atoms with van der Waals surface area (Å²) < 4.78 is 6.78. The first-order chi connectivity index (χ1) is 9.56. The van der Waals surface area contributed by atoms with Crippen LogP contribution in [-0.4, -0.2) is 5.91 Å². The third-order valence-electron chi connectivity index (χ3n) is 3.04. The lowest BCUT2D eigenvalue weighted by Gasteiger charge is -2.11. The summed E-state index contributed by atoms with van der Waals surface area (Å²) >= 11 is 8.39. The van der Waals surface area contributed by atoms with Crippen molar-refractivity contribution in [3.8, 4) is 11.5 Å². The number of carbonyl (C=O) groups is 1. The molecule has 1 unspecified atom stereocenters. The molecule has 2 aromatic rings. The molecule has 0 bridgehead atoms. The van der Waals surface area contributed by atoms with Gasteiger partial charge in [0.05, 0.1) is 8.59 Å². The van der Waals surface area contributed by atoms with Crippen LogP contribution in [0.4, 0.5) is 5.69 Å². The molecule has 0 saturated carbocycles. The van der Waals surface area contributed by atoms with Crippen molar-refractivity contribution in [1.82, 2.24) is 0 Å². The van der Waals surface area contributed by atoms with E-state index in [1.165, 1.54) is 0 Å². The van der Waals surface area contributed by atoms with Gasteiger partial charge in [0.25, 0.3) is 0 Å². The zero-order valence-electron chi connectivity index (χ0n) is 10.2. The SMILES string of the molecule is NC1C(=O)Nc2cc(Oc3ccccc3I)c(Cl)cc21. The fourth-order valence-electron chi connectivity index (χ4n) is 2.01. The summed E-state index contributed by atoms with van der Waals surface area (Å²) in [6, 6.07) is 10.3. The molecule has 0 fully saturated rings. The van der Waals surface area contributed by atoms with Crippen LogP contribution in [0.25, 0.3) is 0 Å². The summed E-state index contributed by atoms with van der Waals surface area (Å²) in [5, 5.41) is 3.14. The Balaban J connectivity index is 1.99. The van der Waals surface area contributed by atoms with Crippen molar-refractivity contribution in [3.63, 3.8) is 0 Å². The van der Waals surface area contributed by atoms with Crippen LogP contribution < -0.4 is 15.8 Å². The fraction of sp³-hybridized carbons (Fsp3) is 0.0714. The quantitative estimate of drug-likeness (QED) is 0.756. The lowest BCUT2D eigenvalue weighted by atomic mass is 10.1. The number of nitrogens with two attached hydrogens (primary N) is 1. The van der Waals surface area contributed by atoms with Crippen LogP contribution in [0.5, 0.6) is 11.5 Å². The molecule has 0 saturated heterocycles. The average molecular weight is 401 g/mol. The Morgan fingerprint density at radius 1 is 1.25 bits per heavy atom. The molecule has 0 aliphatic carbocycles. The van der Waals surface area contributed by atoms with Gasteiger partial charge in [0.2, 0.25) is 5.91 Å². The summed E-state index contributed by atoms with van der Waals surface area (Å²) in [4.78, 5) is 11.5. The number of carbonyl (C=O) groups excluding carboxylic acids is 1. The Bertz CT molecular complexity index is 706. The van der Waals surface area contributed by atoms with E-state index in [9.17, 15) is 4.79 Å². The summed E-state index contributed by atoms with van der Waals surface area (Å²) in [7, 11) is 0. The molecule has 2 aromatic carbocycles. The molecule has 1 amide bonds. The number of para-hydroxylation sites is 1. The van der Waals surface area contributed by atoms with Crippen molar-refractivity contribution < 1.29 is 9.53 Å². The number of hydrogen-bond donors (Lipinski definition) is 2. The third kappa shape index (κ3) is 2.36. The highest BCUT2D eigenvalue weighted by molar-refractivity contribution is 14.1. The standard InChI is InChI=1S/C14H10ClIN2O2/c15-8-5-7-10(18-14(19)13(7)17)6-12(8)20-11-4-2-1-3-9(11)16/h1-6,13H,17H2,(H,18,19). The van der Waals surface area contributed by atoms with Gasteiger partial charge in [0.15, 0.2) is 0 Å². The molecule has 20 heavy (non-hydrogen) atoms. The summed E-state index contributed by atoms with van der Waals surface area (Å²) in [5.74, 6) is 0.968. The number of benzene rings is 2. The maximum Gasteiger partial charge on any atom is 0.245 e. The van der Waals surface area contributed by atoms with E-state index in [1.54, 1.807) is 12.1 Å². The molecule has 4 nitrogen and oxygen atoms in total. The Labute approximate surface area is 134 Å². The molecule has 1 atom stereocenters. The number of hydrogen-bond acceptors (Lipinski definition) is 3. The molecule has 1 aliphatic heterocycles. The van der Waals surface area contributed by atoms with Crippen molar-refractivity contribution >= 4 is 45.8 Å². The van der Waals surface area contributed by atoms with Gasteiger partial charge >= 0.3 is 0 Å². The molecule has 0 radical (unpaired) electrons. The van der Waals surface area contributed by atoms with Gasteiger partial charge in [-0.3, -0.25) is 4.79 Å². The van der Waals surface area contributed by atoms with Gasteiger partial charge in [0, 0.05) is 17.3 Å². The predicted molar refractivity (Wildman–Crippen MR) is 86.2 cm³/mol. The number of amides is 1. The molecule has 1 aliphatic rings. The fourth-order valence-corrected chi connectivity index (χ4v) is 2.72. The minimum atomic E-state index is -0.673. The Morgan fingerprint density at radius 2 is 2.00 bits per heavy atom. The second-order valence-corrected chi connectivity index (χ2v) is 5.94. The lowest BCUT2D eigenvalue weighted by molar-refractivity contribution is -0.116. The van der Waals surface area contributed by atoms with E-state index in [0.717, 1.165) is 3.57 Å². The Hall–Kier alpha value is -1.31. The number of ether oxygens (including phenoxy) is 1. The van der Waals surface area contributed by atoms with Gasteiger partial charge in [-0.15, -0.1) is 0 Å².